The molecule has 3 rings (SSSR count). The summed E-state index contributed by atoms with van der Waals surface area (Å²) < 4.78 is 0. The molecule has 2 heterocycles. The molecule has 0 fully saturated rings. The third-order valence-corrected chi connectivity index (χ3v) is 3.72. The van der Waals surface area contributed by atoms with Crippen molar-refractivity contribution in [3.63, 3.8) is 0 Å². The largest absolute Gasteiger partial charge is 0.397 e. The van der Waals surface area contributed by atoms with Crippen molar-refractivity contribution in [2.75, 3.05) is 5.73 Å². The second kappa shape index (κ2) is 3.50. The van der Waals surface area contributed by atoms with E-state index in [0.29, 0.717) is 10.7 Å². The van der Waals surface area contributed by atoms with Gasteiger partial charge < -0.3 is 10.7 Å². The van der Waals surface area contributed by atoms with Crippen LogP contribution in [0.3, 0.4) is 0 Å². The van der Waals surface area contributed by atoms with Gasteiger partial charge in [0.2, 0.25) is 0 Å². The quantitative estimate of drug-likeness (QED) is 0.649. The zero-order valence-corrected chi connectivity index (χ0v) is 9.77. The molecule has 0 saturated carbocycles. The van der Waals surface area contributed by atoms with Crippen LogP contribution in [0.15, 0.2) is 29.6 Å². The first-order chi connectivity index (χ1) is 7.75. The van der Waals surface area contributed by atoms with Crippen molar-refractivity contribution in [1.29, 1.82) is 0 Å². The standard InChI is InChI=1S/C11H8ClN3S/c12-6-4-5-16-10(6)11-14-8-3-1-2-7(13)9(8)15-11/h1-5H,13H2,(H,14,15). The fourth-order valence-corrected chi connectivity index (χ4v) is 2.71. The van der Waals surface area contributed by atoms with Crippen LogP contribution in [-0.2, 0) is 0 Å². The van der Waals surface area contributed by atoms with Crippen LogP contribution in [0.2, 0.25) is 5.02 Å². The minimum Gasteiger partial charge on any atom is -0.397 e. The van der Waals surface area contributed by atoms with Crippen LogP contribution >= 0.6 is 22.9 Å². The Bertz CT molecular complexity index is 656. The van der Waals surface area contributed by atoms with Gasteiger partial charge in [-0.05, 0) is 23.6 Å². The number of para-hydroxylation sites is 1. The highest BCUT2D eigenvalue weighted by atomic mass is 35.5. The number of nitrogens with one attached hydrogen (secondary N) is 1. The van der Waals surface area contributed by atoms with Crippen LogP contribution in [0.5, 0.6) is 0 Å². The number of H-pyrrole nitrogens is 1. The molecule has 0 amide bonds. The molecular formula is C11H8ClN3S. The summed E-state index contributed by atoms with van der Waals surface area (Å²) in [4.78, 5) is 8.62. The summed E-state index contributed by atoms with van der Waals surface area (Å²) in [6, 6.07) is 7.54. The maximum absolute atomic E-state index is 6.06. The zero-order chi connectivity index (χ0) is 11.1. The number of imidazole rings is 1. The van der Waals surface area contributed by atoms with Crippen molar-refractivity contribution in [3.05, 3.63) is 34.7 Å². The van der Waals surface area contributed by atoms with Gasteiger partial charge >= 0.3 is 0 Å². The lowest BCUT2D eigenvalue weighted by atomic mass is 10.3. The first kappa shape index (κ1) is 9.69. The zero-order valence-electron chi connectivity index (χ0n) is 8.20. The predicted octanol–water partition coefficient (Wildman–Crippen LogP) is 3.53. The lowest BCUT2D eigenvalue weighted by Gasteiger charge is -1.90. The number of aromatic amines is 1. The van der Waals surface area contributed by atoms with Crippen LogP contribution in [-0.4, -0.2) is 9.97 Å². The normalized spacial score (nSPS) is 11.1. The second-order valence-electron chi connectivity index (χ2n) is 3.43. The summed E-state index contributed by atoms with van der Waals surface area (Å²) in [6.45, 7) is 0. The first-order valence-corrected chi connectivity index (χ1v) is 5.99. The fraction of sp³-hybridized carbons (Fsp3) is 0. The monoisotopic (exact) mass is 249 g/mol. The molecule has 3 aromatic rings. The molecule has 2 aromatic heterocycles. The molecule has 1 aromatic carbocycles. The van der Waals surface area contributed by atoms with Crippen molar-refractivity contribution in [3.8, 4) is 10.7 Å². The van der Waals surface area contributed by atoms with Crippen molar-refractivity contribution in [1.82, 2.24) is 9.97 Å². The van der Waals surface area contributed by atoms with E-state index in [9.17, 15) is 0 Å². The molecule has 16 heavy (non-hydrogen) atoms. The maximum atomic E-state index is 6.06. The van der Waals surface area contributed by atoms with Crippen molar-refractivity contribution in [2.45, 2.75) is 0 Å². The molecule has 3 nitrogen and oxygen atoms in total. The van der Waals surface area contributed by atoms with E-state index in [0.717, 1.165) is 21.7 Å². The van der Waals surface area contributed by atoms with Crippen LogP contribution in [0.25, 0.3) is 21.7 Å². The number of nitrogens with zero attached hydrogens (tertiary/aromatic N) is 1. The maximum Gasteiger partial charge on any atom is 0.150 e. The fourth-order valence-electron chi connectivity index (χ4n) is 1.62. The second-order valence-corrected chi connectivity index (χ2v) is 4.75. The molecular weight excluding hydrogens is 242 g/mol. The molecule has 0 aliphatic rings. The van der Waals surface area contributed by atoms with E-state index < -0.39 is 0 Å². The number of fused-ring (bicyclic) bond motifs is 1. The van der Waals surface area contributed by atoms with Gasteiger partial charge in [-0.25, -0.2) is 4.98 Å². The number of aromatic nitrogens is 2. The van der Waals surface area contributed by atoms with Gasteiger partial charge in [0, 0.05) is 0 Å². The Morgan fingerprint density at radius 1 is 1.31 bits per heavy atom. The number of nitrogens with two attached hydrogens (primary N) is 1. The molecule has 0 unspecified atom stereocenters. The topological polar surface area (TPSA) is 54.7 Å². The third-order valence-electron chi connectivity index (χ3n) is 2.38. The number of thiophene rings is 1. The summed E-state index contributed by atoms with van der Waals surface area (Å²) in [5.74, 6) is 0.771. The smallest absolute Gasteiger partial charge is 0.150 e. The van der Waals surface area contributed by atoms with Gasteiger partial charge in [-0.2, -0.15) is 0 Å². The molecule has 0 aliphatic carbocycles. The summed E-state index contributed by atoms with van der Waals surface area (Å²) in [5, 5.41) is 2.65. The number of hydrogen-bond donors (Lipinski definition) is 2. The number of benzene rings is 1. The average Bonchev–Trinajstić information content (AvgIpc) is 2.84. The van der Waals surface area contributed by atoms with Gasteiger partial charge in [0.15, 0.2) is 0 Å². The summed E-state index contributed by atoms with van der Waals surface area (Å²) in [5.41, 5.74) is 8.25. The highest BCUT2D eigenvalue weighted by molar-refractivity contribution is 7.14. The van der Waals surface area contributed by atoms with Crippen LogP contribution in [0.1, 0.15) is 0 Å². The molecule has 3 N–H and O–H groups in total. The van der Waals surface area contributed by atoms with E-state index in [4.69, 9.17) is 17.3 Å². The minimum absolute atomic E-state index is 0.674. The summed E-state index contributed by atoms with van der Waals surface area (Å²) in [7, 11) is 0. The third kappa shape index (κ3) is 1.38. The van der Waals surface area contributed by atoms with Gasteiger partial charge in [-0.15, -0.1) is 11.3 Å². The number of anilines is 1. The molecule has 5 heteroatoms. The molecule has 0 radical (unpaired) electrons. The molecule has 0 spiro atoms. The SMILES string of the molecule is Nc1cccc2[nH]c(-c3sccc3Cl)nc12. The van der Waals surface area contributed by atoms with Crippen LogP contribution < -0.4 is 5.73 Å². The van der Waals surface area contributed by atoms with Crippen LogP contribution in [0, 0.1) is 0 Å². The number of rotatable bonds is 1. The minimum atomic E-state index is 0.674. The van der Waals surface area contributed by atoms with E-state index in [1.54, 1.807) is 11.3 Å². The Kier molecular flexibility index (Phi) is 2.12. The Labute approximate surface area is 101 Å². The number of nitrogen functional groups attached to an aromatic ring is 1. The number of halogens is 1. The molecule has 80 valence electrons. The Balaban J connectivity index is 2.27. The highest BCUT2D eigenvalue weighted by Crippen LogP contribution is 2.33. The van der Waals surface area contributed by atoms with Crippen molar-refractivity contribution < 1.29 is 0 Å². The lowest BCUT2D eigenvalue weighted by molar-refractivity contribution is 1.36. The molecule has 0 aliphatic heterocycles. The molecule has 0 saturated heterocycles. The Hall–Kier alpha value is -1.52. The predicted molar refractivity (Wildman–Crippen MR) is 68.8 cm³/mol. The van der Waals surface area contributed by atoms with Gasteiger partial charge in [-0.1, -0.05) is 17.7 Å². The van der Waals surface area contributed by atoms with E-state index in [1.807, 2.05) is 29.6 Å². The van der Waals surface area contributed by atoms with Crippen molar-refractivity contribution in [2.24, 2.45) is 0 Å². The summed E-state index contributed by atoms with van der Waals surface area (Å²) >= 11 is 7.62. The summed E-state index contributed by atoms with van der Waals surface area (Å²) in [6.07, 6.45) is 0. The van der Waals surface area contributed by atoms with Crippen molar-refractivity contribution >= 4 is 39.7 Å². The Morgan fingerprint density at radius 2 is 2.19 bits per heavy atom. The van der Waals surface area contributed by atoms with Gasteiger partial charge in [0.1, 0.15) is 11.3 Å². The van der Waals surface area contributed by atoms with E-state index in [2.05, 4.69) is 9.97 Å². The lowest BCUT2D eigenvalue weighted by Crippen LogP contribution is -1.84. The number of hydrogen-bond acceptors (Lipinski definition) is 3. The van der Waals surface area contributed by atoms with Gasteiger partial charge in [0.25, 0.3) is 0 Å². The molecule has 0 bridgehead atoms. The van der Waals surface area contributed by atoms with Gasteiger partial charge in [0.05, 0.1) is 21.1 Å². The first-order valence-electron chi connectivity index (χ1n) is 4.73. The Morgan fingerprint density at radius 3 is 2.88 bits per heavy atom. The highest BCUT2D eigenvalue weighted by Gasteiger charge is 2.11. The van der Waals surface area contributed by atoms with E-state index in [-0.39, 0.29) is 0 Å². The average molecular weight is 250 g/mol. The van der Waals surface area contributed by atoms with Crippen LogP contribution in [0.4, 0.5) is 5.69 Å². The van der Waals surface area contributed by atoms with E-state index >= 15 is 0 Å². The van der Waals surface area contributed by atoms with Gasteiger partial charge in [-0.3, -0.25) is 0 Å². The molecule has 0 atom stereocenters. The van der Waals surface area contributed by atoms with E-state index in [1.165, 1.54) is 0 Å².